The van der Waals surface area contributed by atoms with Gasteiger partial charge in [-0.05, 0) is 30.3 Å². The molecule has 0 bridgehead atoms. The van der Waals surface area contributed by atoms with Gasteiger partial charge in [0.25, 0.3) is 5.91 Å². The highest BCUT2D eigenvalue weighted by molar-refractivity contribution is 6.03. The smallest absolute Gasteiger partial charge is 0.351 e. The first-order valence-electron chi connectivity index (χ1n) is 10.0. The third-order valence-corrected chi connectivity index (χ3v) is 5.05. The molecule has 1 amide bonds. The second-order valence-electron chi connectivity index (χ2n) is 7.18. The van der Waals surface area contributed by atoms with Gasteiger partial charge in [0.2, 0.25) is 0 Å². The Morgan fingerprint density at radius 2 is 1.72 bits per heavy atom. The van der Waals surface area contributed by atoms with Crippen molar-refractivity contribution in [2.24, 2.45) is 0 Å². The molecule has 3 aromatic rings. The van der Waals surface area contributed by atoms with Crippen LogP contribution in [0.4, 0.5) is 5.82 Å². The molecule has 1 saturated heterocycles. The van der Waals surface area contributed by atoms with Crippen LogP contribution in [-0.4, -0.2) is 45.3 Å². The van der Waals surface area contributed by atoms with Crippen LogP contribution in [0.3, 0.4) is 0 Å². The Morgan fingerprint density at radius 1 is 1.06 bits per heavy atom. The molecular weight excluding hydrogens is 414 g/mol. The third kappa shape index (κ3) is 4.74. The van der Waals surface area contributed by atoms with E-state index in [2.05, 4.69) is 10.3 Å². The van der Waals surface area contributed by atoms with Crippen LogP contribution >= 0.6 is 0 Å². The van der Waals surface area contributed by atoms with Crippen LogP contribution in [0.5, 0.6) is 0 Å². The maximum absolute atomic E-state index is 12.5. The van der Waals surface area contributed by atoms with E-state index < -0.39 is 30.1 Å². The summed E-state index contributed by atoms with van der Waals surface area (Å²) < 4.78 is 12.5. The maximum Gasteiger partial charge on any atom is 0.351 e. The zero-order chi connectivity index (χ0) is 22.5. The second kappa shape index (κ2) is 9.54. The molecule has 3 atom stereocenters. The standard InChI is InChI=1S/C23H21N3O6/c27-14-18-17(32-22(29)16-9-5-2-6-10-16)13-20(31-18)26-12-11-19(25-23(26)30)24-21(28)15-7-3-1-4-8-15/h1-12,17-18,20,27H,13-14H2,(H,24,25,28,30)/t17-,18-,20-/m0/s1. The zero-order valence-corrected chi connectivity index (χ0v) is 17.0. The van der Waals surface area contributed by atoms with Crippen molar-refractivity contribution in [1.29, 1.82) is 0 Å². The molecular formula is C23H21N3O6. The van der Waals surface area contributed by atoms with Crippen LogP contribution in [0, 0.1) is 0 Å². The van der Waals surface area contributed by atoms with Gasteiger partial charge in [-0.25, -0.2) is 9.59 Å². The summed E-state index contributed by atoms with van der Waals surface area (Å²) in [6.45, 7) is -0.378. The minimum absolute atomic E-state index is 0.101. The molecule has 32 heavy (non-hydrogen) atoms. The first-order chi connectivity index (χ1) is 15.5. The number of rotatable bonds is 6. The van der Waals surface area contributed by atoms with Gasteiger partial charge in [0, 0.05) is 18.2 Å². The van der Waals surface area contributed by atoms with Gasteiger partial charge in [-0.15, -0.1) is 0 Å². The molecule has 0 radical (unpaired) electrons. The number of esters is 1. The van der Waals surface area contributed by atoms with Crippen molar-refractivity contribution in [2.45, 2.75) is 24.9 Å². The molecule has 0 unspecified atom stereocenters. The number of carbonyl (C=O) groups excluding carboxylic acids is 2. The van der Waals surface area contributed by atoms with Crippen molar-refractivity contribution in [3.63, 3.8) is 0 Å². The largest absolute Gasteiger partial charge is 0.456 e. The predicted molar refractivity (Wildman–Crippen MR) is 114 cm³/mol. The van der Waals surface area contributed by atoms with Crippen molar-refractivity contribution >= 4 is 17.7 Å². The Labute approximate surface area is 183 Å². The fourth-order valence-corrected chi connectivity index (χ4v) is 3.42. The SMILES string of the molecule is O=C(Nc1ccn([C@@H]2C[C@H](OC(=O)c3ccccc3)[C@H](CO)O2)c(=O)n1)c1ccccc1. The fraction of sp³-hybridized carbons (Fsp3) is 0.217. The number of aliphatic hydroxyl groups excluding tert-OH is 1. The monoisotopic (exact) mass is 435 g/mol. The third-order valence-electron chi connectivity index (χ3n) is 5.05. The molecule has 1 aliphatic rings. The summed E-state index contributed by atoms with van der Waals surface area (Å²) in [5.41, 5.74) is 0.170. The molecule has 2 aromatic carbocycles. The lowest BCUT2D eigenvalue weighted by Crippen LogP contribution is -2.30. The summed E-state index contributed by atoms with van der Waals surface area (Å²) in [7, 11) is 0. The van der Waals surface area contributed by atoms with E-state index in [9.17, 15) is 19.5 Å². The molecule has 0 aliphatic carbocycles. The number of hydrogen-bond donors (Lipinski definition) is 2. The van der Waals surface area contributed by atoms with Crippen molar-refractivity contribution in [1.82, 2.24) is 9.55 Å². The minimum atomic E-state index is -0.781. The molecule has 1 aliphatic heterocycles. The van der Waals surface area contributed by atoms with Crippen LogP contribution in [0.1, 0.15) is 33.4 Å². The number of aromatic nitrogens is 2. The van der Waals surface area contributed by atoms with E-state index in [4.69, 9.17) is 9.47 Å². The highest BCUT2D eigenvalue weighted by Gasteiger charge is 2.39. The van der Waals surface area contributed by atoms with Crippen molar-refractivity contribution in [2.75, 3.05) is 11.9 Å². The molecule has 2 N–H and O–H groups in total. The second-order valence-corrected chi connectivity index (χ2v) is 7.18. The number of hydrogen-bond acceptors (Lipinski definition) is 7. The van der Waals surface area contributed by atoms with Crippen LogP contribution in [0.25, 0.3) is 0 Å². The number of ether oxygens (including phenoxy) is 2. The Bertz CT molecular complexity index is 1150. The lowest BCUT2D eigenvalue weighted by Gasteiger charge is -2.16. The number of amides is 1. The Morgan fingerprint density at radius 3 is 2.34 bits per heavy atom. The van der Waals surface area contributed by atoms with Crippen molar-refractivity contribution < 1.29 is 24.2 Å². The number of nitrogens with one attached hydrogen (secondary N) is 1. The van der Waals surface area contributed by atoms with E-state index in [1.165, 1.54) is 16.8 Å². The topological polar surface area (TPSA) is 120 Å². The van der Waals surface area contributed by atoms with Gasteiger partial charge in [-0.2, -0.15) is 4.98 Å². The summed E-state index contributed by atoms with van der Waals surface area (Å²) in [5.74, 6) is -0.827. The first kappa shape index (κ1) is 21.4. The molecule has 2 heterocycles. The molecule has 1 fully saturated rings. The summed E-state index contributed by atoms with van der Waals surface area (Å²) in [5, 5.41) is 12.2. The van der Waals surface area contributed by atoms with E-state index in [0.717, 1.165) is 0 Å². The van der Waals surface area contributed by atoms with Gasteiger partial charge in [0.1, 0.15) is 24.3 Å². The first-order valence-corrected chi connectivity index (χ1v) is 10.0. The molecule has 0 spiro atoms. The highest BCUT2D eigenvalue weighted by atomic mass is 16.6. The lowest BCUT2D eigenvalue weighted by atomic mass is 10.1. The quantitative estimate of drug-likeness (QED) is 0.568. The molecule has 9 heteroatoms. The van der Waals surface area contributed by atoms with Gasteiger partial charge in [-0.1, -0.05) is 36.4 Å². The van der Waals surface area contributed by atoms with E-state index in [1.54, 1.807) is 60.7 Å². The number of benzene rings is 2. The molecule has 4 rings (SSSR count). The van der Waals surface area contributed by atoms with Crippen LogP contribution < -0.4 is 11.0 Å². The summed E-state index contributed by atoms with van der Waals surface area (Å²) in [6.07, 6.45) is -0.684. The average Bonchev–Trinajstić information content (AvgIpc) is 3.22. The molecule has 164 valence electrons. The Kier molecular flexibility index (Phi) is 6.39. The number of anilines is 1. The van der Waals surface area contributed by atoms with Gasteiger partial charge < -0.3 is 19.9 Å². The molecule has 1 aromatic heterocycles. The van der Waals surface area contributed by atoms with E-state index >= 15 is 0 Å². The van der Waals surface area contributed by atoms with E-state index in [0.29, 0.717) is 11.1 Å². The van der Waals surface area contributed by atoms with Gasteiger partial charge in [0.05, 0.1) is 12.2 Å². The zero-order valence-electron chi connectivity index (χ0n) is 17.0. The number of aliphatic hydroxyl groups is 1. The number of nitrogens with zero attached hydrogens (tertiary/aromatic N) is 2. The molecule has 0 saturated carbocycles. The lowest BCUT2D eigenvalue weighted by molar-refractivity contribution is -0.0521. The minimum Gasteiger partial charge on any atom is -0.456 e. The Balaban J connectivity index is 1.45. The summed E-state index contributed by atoms with van der Waals surface area (Å²) in [4.78, 5) is 41.0. The number of carbonyl (C=O) groups is 2. The van der Waals surface area contributed by atoms with Gasteiger partial charge in [0.15, 0.2) is 0 Å². The highest BCUT2D eigenvalue weighted by Crippen LogP contribution is 2.30. The average molecular weight is 435 g/mol. The van der Waals surface area contributed by atoms with Crippen LogP contribution in [-0.2, 0) is 9.47 Å². The van der Waals surface area contributed by atoms with Gasteiger partial charge in [-0.3, -0.25) is 9.36 Å². The van der Waals surface area contributed by atoms with Crippen molar-refractivity contribution in [3.05, 3.63) is 94.5 Å². The normalized spacial score (nSPS) is 20.0. The summed E-state index contributed by atoms with van der Waals surface area (Å²) in [6, 6.07) is 18.5. The van der Waals surface area contributed by atoms with Crippen molar-refractivity contribution in [3.8, 4) is 0 Å². The molecule has 9 nitrogen and oxygen atoms in total. The van der Waals surface area contributed by atoms with Crippen LogP contribution in [0.2, 0.25) is 0 Å². The maximum atomic E-state index is 12.5. The van der Waals surface area contributed by atoms with E-state index in [-0.39, 0.29) is 24.8 Å². The Hall–Kier alpha value is -3.82. The van der Waals surface area contributed by atoms with Crippen LogP contribution in [0.15, 0.2) is 77.7 Å². The van der Waals surface area contributed by atoms with E-state index in [1.807, 2.05) is 0 Å². The fourth-order valence-electron chi connectivity index (χ4n) is 3.42. The predicted octanol–water partition coefficient (Wildman–Crippen LogP) is 2.00. The van der Waals surface area contributed by atoms with Gasteiger partial charge >= 0.3 is 11.7 Å². The summed E-state index contributed by atoms with van der Waals surface area (Å²) >= 11 is 0.